The van der Waals surface area contributed by atoms with Crippen LogP contribution in [0, 0.1) is 11.7 Å². The predicted octanol–water partition coefficient (Wildman–Crippen LogP) is 1.97. The fourth-order valence-corrected chi connectivity index (χ4v) is 2.97. The van der Waals surface area contributed by atoms with Crippen LogP contribution in [0.5, 0.6) is 0 Å². The van der Waals surface area contributed by atoms with Crippen LogP contribution in [0.4, 0.5) is 10.1 Å². The molecule has 1 fully saturated rings. The van der Waals surface area contributed by atoms with Crippen molar-refractivity contribution in [2.75, 3.05) is 25.1 Å². The van der Waals surface area contributed by atoms with Crippen LogP contribution in [-0.2, 0) is 14.8 Å². The number of nitrogens with one attached hydrogen (secondary N) is 1. The zero-order valence-corrected chi connectivity index (χ0v) is 12.3. The largest absolute Gasteiger partial charge is 0.381 e. The standard InChI is InChI=1S/C12H16ClFN2O3S/c13-10-5-9(20(15,17)18)6-11(14)12(10)16-7-8-1-3-19-4-2-8/h5-6,8,16H,1-4,7H2,(H2,15,17,18). The Labute approximate surface area is 122 Å². The summed E-state index contributed by atoms with van der Waals surface area (Å²) in [6.45, 7) is 1.97. The summed E-state index contributed by atoms with van der Waals surface area (Å²) in [6, 6.07) is 2.01. The van der Waals surface area contributed by atoms with E-state index in [-0.39, 0.29) is 15.6 Å². The Balaban J connectivity index is 2.12. The van der Waals surface area contributed by atoms with Gasteiger partial charge in [-0.1, -0.05) is 11.6 Å². The molecule has 2 rings (SSSR count). The fraction of sp³-hybridized carbons (Fsp3) is 0.500. The summed E-state index contributed by atoms with van der Waals surface area (Å²) in [6.07, 6.45) is 1.81. The van der Waals surface area contributed by atoms with E-state index in [0.29, 0.717) is 25.7 Å². The number of primary sulfonamides is 1. The van der Waals surface area contributed by atoms with E-state index in [4.69, 9.17) is 21.5 Å². The minimum atomic E-state index is -3.97. The van der Waals surface area contributed by atoms with Crippen LogP contribution in [0.3, 0.4) is 0 Å². The van der Waals surface area contributed by atoms with Crippen LogP contribution in [-0.4, -0.2) is 28.2 Å². The van der Waals surface area contributed by atoms with E-state index in [1.54, 1.807) is 0 Å². The molecular weight excluding hydrogens is 307 g/mol. The first-order valence-electron chi connectivity index (χ1n) is 6.21. The summed E-state index contributed by atoms with van der Waals surface area (Å²) in [4.78, 5) is -0.336. The first-order chi connectivity index (χ1) is 9.38. The van der Waals surface area contributed by atoms with Gasteiger partial charge >= 0.3 is 0 Å². The highest BCUT2D eigenvalue weighted by Gasteiger charge is 2.18. The van der Waals surface area contributed by atoms with Gasteiger partial charge in [-0.2, -0.15) is 0 Å². The Morgan fingerprint density at radius 2 is 2.05 bits per heavy atom. The molecule has 1 saturated heterocycles. The molecule has 8 heteroatoms. The molecule has 112 valence electrons. The van der Waals surface area contributed by atoms with Gasteiger partial charge in [0.25, 0.3) is 0 Å². The second kappa shape index (κ2) is 6.26. The van der Waals surface area contributed by atoms with Gasteiger partial charge < -0.3 is 10.1 Å². The predicted molar refractivity (Wildman–Crippen MR) is 74.8 cm³/mol. The van der Waals surface area contributed by atoms with E-state index in [9.17, 15) is 12.8 Å². The third-order valence-electron chi connectivity index (χ3n) is 3.25. The van der Waals surface area contributed by atoms with E-state index >= 15 is 0 Å². The van der Waals surface area contributed by atoms with Crippen LogP contribution in [0.25, 0.3) is 0 Å². The Bertz CT molecular complexity index is 565. The Morgan fingerprint density at radius 3 is 2.60 bits per heavy atom. The molecule has 1 heterocycles. The van der Waals surface area contributed by atoms with Crippen molar-refractivity contribution in [2.24, 2.45) is 11.1 Å². The lowest BCUT2D eigenvalue weighted by molar-refractivity contribution is 0.0699. The highest BCUT2D eigenvalue weighted by Crippen LogP contribution is 2.29. The summed E-state index contributed by atoms with van der Waals surface area (Å²) in [5.74, 6) is -0.342. The van der Waals surface area contributed by atoms with Gasteiger partial charge in [-0.05, 0) is 30.9 Å². The second-order valence-corrected chi connectivity index (χ2v) is 6.71. The zero-order chi connectivity index (χ0) is 14.8. The van der Waals surface area contributed by atoms with Gasteiger partial charge in [-0.15, -0.1) is 0 Å². The summed E-state index contributed by atoms with van der Waals surface area (Å²) in [5, 5.41) is 7.88. The normalized spacial score (nSPS) is 17.1. The summed E-state index contributed by atoms with van der Waals surface area (Å²) in [7, 11) is -3.97. The number of anilines is 1. The first-order valence-corrected chi connectivity index (χ1v) is 8.14. The molecule has 1 aliphatic rings. The maximum atomic E-state index is 13.9. The average molecular weight is 323 g/mol. The summed E-state index contributed by atoms with van der Waals surface area (Å²) in [5.41, 5.74) is 0.102. The Morgan fingerprint density at radius 1 is 1.40 bits per heavy atom. The minimum Gasteiger partial charge on any atom is -0.381 e. The van der Waals surface area contributed by atoms with Crippen molar-refractivity contribution in [1.82, 2.24) is 0 Å². The van der Waals surface area contributed by atoms with E-state index < -0.39 is 15.8 Å². The topological polar surface area (TPSA) is 81.4 Å². The molecule has 0 aromatic heterocycles. The van der Waals surface area contributed by atoms with E-state index in [1.807, 2.05) is 0 Å². The third-order valence-corrected chi connectivity index (χ3v) is 4.44. The molecule has 3 N–H and O–H groups in total. The molecule has 0 saturated carbocycles. The van der Waals surface area contributed by atoms with Gasteiger partial charge in [0.1, 0.15) is 5.82 Å². The minimum absolute atomic E-state index is 0.00100. The lowest BCUT2D eigenvalue weighted by Gasteiger charge is -2.23. The number of sulfonamides is 1. The van der Waals surface area contributed by atoms with Gasteiger partial charge in [-0.25, -0.2) is 17.9 Å². The van der Waals surface area contributed by atoms with Crippen molar-refractivity contribution in [2.45, 2.75) is 17.7 Å². The van der Waals surface area contributed by atoms with Crippen LogP contribution in [0.1, 0.15) is 12.8 Å². The molecule has 0 amide bonds. The molecule has 1 aromatic carbocycles. The molecule has 5 nitrogen and oxygen atoms in total. The first kappa shape index (κ1) is 15.5. The quantitative estimate of drug-likeness (QED) is 0.888. The molecule has 0 radical (unpaired) electrons. The molecule has 0 spiro atoms. The summed E-state index contributed by atoms with van der Waals surface area (Å²) >= 11 is 5.91. The number of halogens is 2. The smallest absolute Gasteiger partial charge is 0.238 e. The van der Waals surface area contributed by atoms with Crippen LogP contribution in [0.15, 0.2) is 17.0 Å². The van der Waals surface area contributed by atoms with Crippen molar-refractivity contribution in [3.05, 3.63) is 23.0 Å². The lowest BCUT2D eigenvalue weighted by Crippen LogP contribution is -2.23. The van der Waals surface area contributed by atoms with Crippen molar-refractivity contribution >= 4 is 27.3 Å². The number of ether oxygens (including phenoxy) is 1. The highest BCUT2D eigenvalue weighted by atomic mass is 35.5. The molecule has 0 atom stereocenters. The van der Waals surface area contributed by atoms with Gasteiger partial charge in [0.15, 0.2) is 0 Å². The Kier molecular flexibility index (Phi) is 4.85. The maximum absolute atomic E-state index is 13.9. The number of benzene rings is 1. The molecule has 20 heavy (non-hydrogen) atoms. The van der Waals surface area contributed by atoms with E-state index in [1.165, 1.54) is 0 Å². The molecule has 0 bridgehead atoms. The molecule has 0 aliphatic carbocycles. The molecule has 0 unspecified atom stereocenters. The lowest BCUT2D eigenvalue weighted by atomic mass is 10.0. The fourth-order valence-electron chi connectivity index (χ4n) is 2.08. The van der Waals surface area contributed by atoms with Crippen molar-refractivity contribution in [1.29, 1.82) is 0 Å². The summed E-state index contributed by atoms with van der Waals surface area (Å²) < 4.78 is 41.5. The van der Waals surface area contributed by atoms with Crippen molar-refractivity contribution in [3.8, 4) is 0 Å². The number of rotatable bonds is 4. The van der Waals surface area contributed by atoms with Crippen LogP contribution < -0.4 is 10.5 Å². The van der Waals surface area contributed by atoms with Crippen LogP contribution in [0.2, 0.25) is 5.02 Å². The van der Waals surface area contributed by atoms with Gasteiger partial charge in [-0.3, -0.25) is 0 Å². The maximum Gasteiger partial charge on any atom is 0.238 e. The van der Waals surface area contributed by atoms with Crippen LogP contribution >= 0.6 is 11.6 Å². The SMILES string of the molecule is NS(=O)(=O)c1cc(F)c(NCC2CCOCC2)c(Cl)c1. The van der Waals surface area contributed by atoms with E-state index in [2.05, 4.69) is 5.32 Å². The number of hydrogen-bond donors (Lipinski definition) is 2. The zero-order valence-electron chi connectivity index (χ0n) is 10.7. The van der Waals surface area contributed by atoms with E-state index in [0.717, 1.165) is 25.0 Å². The average Bonchev–Trinajstić information content (AvgIpc) is 2.37. The molecule has 1 aromatic rings. The molecular formula is C12H16ClFN2O3S. The third kappa shape index (κ3) is 3.82. The van der Waals surface area contributed by atoms with Gasteiger partial charge in [0.2, 0.25) is 10.0 Å². The number of hydrogen-bond acceptors (Lipinski definition) is 4. The van der Waals surface area contributed by atoms with Crippen molar-refractivity contribution < 1.29 is 17.5 Å². The molecule has 1 aliphatic heterocycles. The van der Waals surface area contributed by atoms with Gasteiger partial charge in [0.05, 0.1) is 15.6 Å². The second-order valence-electron chi connectivity index (χ2n) is 4.74. The van der Waals surface area contributed by atoms with Gasteiger partial charge in [0, 0.05) is 19.8 Å². The highest BCUT2D eigenvalue weighted by molar-refractivity contribution is 7.89. The Hall–Kier alpha value is -0.890. The number of nitrogens with two attached hydrogens (primary N) is 1. The van der Waals surface area contributed by atoms with Crippen molar-refractivity contribution in [3.63, 3.8) is 0 Å². The monoisotopic (exact) mass is 322 g/mol.